The maximum Gasteiger partial charge on any atom is 0.294 e. The average Bonchev–Trinajstić information content (AvgIpc) is 2.42. The van der Waals surface area contributed by atoms with E-state index in [-0.39, 0.29) is 29.7 Å². The van der Waals surface area contributed by atoms with Gasteiger partial charge in [-0.05, 0) is 53.9 Å². The van der Waals surface area contributed by atoms with Gasteiger partial charge >= 0.3 is 0 Å². The van der Waals surface area contributed by atoms with E-state index in [0.717, 1.165) is 19.3 Å². The van der Waals surface area contributed by atoms with Crippen molar-refractivity contribution in [3.63, 3.8) is 0 Å². The van der Waals surface area contributed by atoms with Gasteiger partial charge in [0.05, 0.1) is 6.04 Å². The average molecular weight is 357 g/mol. The number of ketones is 1. The van der Waals surface area contributed by atoms with Gasteiger partial charge in [0.2, 0.25) is 0 Å². The monoisotopic (exact) mass is 356 g/mol. The molecule has 0 saturated heterocycles. The lowest BCUT2D eigenvalue weighted by Gasteiger charge is -2.32. The number of hydrogen-bond donors (Lipinski definition) is 2. The van der Waals surface area contributed by atoms with E-state index in [2.05, 4.69) is 10.6 Å². The molecule has 0 aliphatic rings. The van der Waals surface area contributed by atoms with Gasteiger partial charge in [0.15, 0.2) is 11.4 Å². The van der Waals surface area contributed by atoms with Crippen molar-refractivity contribution in [3.8, 4) is 0 Å². The number of Topliss-reactive ketones (excluding diaryl/α,β-unsaturated/α-hetero) is 1. The predicted octanol–water partition coefficient (Wildman–Crippen LogP) is 2.60. The van der Waals surface area contributed by atoms with Gasteiger partial charge in [0.1, 0.15) is 0 Å². The van der Waals surface area contributed by atoms with E-state index in [4.69, 9.17) is 4.74 Å². The lowest BCUT2D eigenvalue weighted by Crippen LogP contribution is -2.50. The Morgan fingerprint density at radius 2 is 1.56 bits per heavy atom. The molecule has 0 saturated carbocycles. The van der Waals surface area contributed by atoms with Crippen LogP contribution in [-0.2, 0) is 19.1 Å². The van der Waals surface area contributed by atoms with Crippen LogP contribution in [0.3, 0.4) is 0 Å². The number of rotatable bonds is 10. The molecule has 146 valence electrons. The second-order valence-electron chi connectivity index (χ2n) is 9.04. The van der Waals surface area contributed by atoms with Gasteiger partial charge < -0.3 is 15.4 Å². The van der Waals surface area contributed by atoms with Crippen LogP contribution in [0.15, 0.2) is 0 Å². The van der Waals surface area contributed by atoms with Crippen LogP contribution < -0.4 is 10.6 Å². The number of amides is 1. The van der Waals surface area contributed by atoms with E-state index in [1.54, 1.807) is 13.8 Å². The van der Waals surface area contributed by atoms with Gasteiger partial charge in [-0.2, -0.15) is 0 Å². The van der Waals surface area contributed by atoms with Gasteiger partial charge in [-0.1, -0.05) is 20.8 Å². The van der Waals surface area contributed by atoms with E-state index in [1.165, 1.54) is 0 Å². The van der Waals surface area contributed by atoms with Crippen molar-refractivity contribution in [2.45, 2.75) is 91.8 Å². The van der Waals surface area contributed by atoms with Crippen LogP contribution in [0, 0.1) is 5.41 Å². The molecule has 0 bridgehead atoms. The number of nitrogens with one attached hydrogen (secondary N) is 2. The molecule has 0 aliphatic carbocycles. The van der Waals surface area contributed by atoms with Crippen molar-refractivity contribution in [1.29, 1.82) is 0 Å². The van der Waals surface area contributed by atoms with Crippen molar-refractivity contribution < 1.29 is 19.1 Å². The standard InChI is InChI=1S/C19H36N2O4/c1-17(2,3)15(23)14(21-18(4,5)6)11-9-10-12-20-16(24)19(7,8)25-13-22/h13-14,21H,9-12H2,1-8H3,(H,20,24)/t14-/m0/s1. The molecule has 25 heavy (non-hydrogen) atoms. The van der Waals surface area contributed by atoms with Gasteiger partial charge in [0, 0.05) is 17.5 Å². The van der Waals surface area contributed by atoms with Crippen LogP contribution in [0.4, 0.5) is 0 Å². The second kappa shape index (κ2) is 9.32. The Balaban J connectivity index is 4.46. The number of ether oxygens (including phenoxy) is 1. The first-order chi connectivity index (χ1) is 11.2. The van der Waals surface area contributed by atoms with Crippen molar-refractivity contribution in [2.75, 3.05) is 6.54 Å². The zero-order valence-electron chi connectivity index (χ0n) is 17.1. The van der Waals surface area contributed by atoms with Gasteiger partial charge in [0.25, 0.3) is 12.4 Å². The summed E-state index contributed by atoms with van der Waals surface area (Å²) in [6.45, 7) is 15.8. The minimum absolute atomic E-state index is 0.143. The molecule has 2 N–H and O–H groups in total. The van der Waals surface area contributed by atoms with E-state index < -0.39 is 11.0 Å². The molecule has 0 aliphatic heterocycles. The third kappa shape index (κ3) is 9.58. The highest BCUT2D eigenvalue weighted by molar-refractivity contribution is 5.88. The SMILES string of the molecule is CC(C)(C)N[C@@H](CCCCNC(=O)C(C)(C)OC=O)C(=O)C(C)(C)C. The predicted molar refractivity (Wildman–Crippen MR) is 99.2 cm³/mol. The second-order valence-corrected chi connectivity index (χ2v) is 9.04. The largest absolute Gasteiger partial charge is 0.452 e. The highest BCUT2D eigenvalue weighted by Gasteiger charge is 2.32. The van der Waals surface area contributed by atoms with Crippen molar-refractivity contribution >= 4 is 18.2 Å². The highest BCUT2D eigenvalue weighted by atomic mass is 16.5. The van der Waals surface area contributed by atoms with Crippen LogP contribution in [0.2, 0.25) is 0 Å². The third-order valence-corrected chi connectivity index (χ3v) is 3.76. The Hall–Kier alpha value is -1.43. The summed E-state index contributed by atoms with van der Waals surface area (Å²) in [4.78, 5) is 34.9. The fourth-order valence-electron chi connectivity index (χ4n) is 2.38. The molecule has 0 aromatic heterocycles. The van der Waals surface area contributed by atoms with Crippen molar-refractivity contribution in [1.82, 2.24) is 10.6 Å². The number of unbranched alkanes of at least 4 members (excludes halogenated alkanes) is 1. The van der Waals surface area contributed by atoms with E-state index in [0.29, 0.717) is 6.54 Å². The lowest BCUT2D eigenvalue weighted by atomic mass is 9.84. The molecule has 0 unspecified atom stereocenters. The fraction of sp³-hybridized carbons (Fsp3) is 0.842. The summed E-state index contributed by atoms with van der Waals surface area (Å²) >= 11 is 0. The highest BCUT2D eigenvalue weighted by Crippen LogP contribution is 2.21. The van der Waals surface area contributed by atoms with Crippen LogP contribution in [-0.4, -0.2) is 41.9 Å². The van der Waals surface area contributed by atoms with Gasteiger partial charge in [-0.15, -0.1) is 0 Å². The third-order valence-electron chi connectivity index (χ3n) is 3.76. The zero-order valence-corrected chi connectivity index (χ0v) is 17.1. The molecule has 0 heterocycles. The molecule has 0 spiro atoms. The Morgan fingerprint density at radius 1 is 1.00 bits per heavy atom. The molecule has 6 heteroatoms. The Bertz CT molecular complexity index is 459. The smallest absolute Gasteiger partial charge is 0.294 e. The summed E-state index contributed by atoms with van der Waals surface area (Å²) in [5, 5.41) is 6.17. The first-order valence-electron chi connectivity index (χ1n) is 8.92. The van der Waals surface area contributed by atoms with E-state index >= 15 is 0 Å². The summed E-state index contributed by atoms with van der Waals surface area (Å²) in [5.41, 5.74) is -1.70. The molecule has 0 rings (SSSR count). The lowest BCUT2D eigenvalue weighted by molar-refractivity contribution is -0.154. The fourth-order valence-corrected chi connectivity index (χ4v) is 2.38. The molecule has 0 fully saturated rings. The summed E-state index contributed by atoms with van der Waals surface area (Å²) in [5.74, 6) is -0.123. The maximum absolute atomic E-state index is 12.6. The molecule has 1 amide bonds. The molecule has 0 aromatic rings. The van der Waals surface area contributed by atoms with Gasteiger partial charge in [-0.3, -0.25) is 14.4 Å². The summed E-state index contributed by atoms with van der Waals surface area (Å²) in [6.07, 6.45) is 2.28. The summed E-state index contributed by atoms with van der Waals surface area (Å²) in [6, 6.07) is -0.203. The normalized spacial score (nSPS) is 13.9. The van der Waals surface area contributed by atoms with E-state index in [1.807, 2.05) is 41.5 Å². The molecule has 0 aromatic carbocycles. The van der Waals surface area contributed by atoms with E-state index in [9.17, 15) is 14.4 Å². The first kappa shape index (κ1) is 23.6. The number of carbonyl (C=O) groups excluding carboxylic acids is 3. The zero-order chi connectivity index (χ0) is 19.9. The Morgan fingerprint density at radius 3 is 2.00 bits per heavy atom. The molecular weight excluding hydrogens is 320 g/mol. The summed E-state index contributed by atoms with van der Waals surface area (Å²) in [7, 11) is 0. The first-order valence-corrected chi connectivity index (χ1v) is 8.92. The van der Waals surface area contributed by atoms with Crippen LogP contribution in [0.25, 0.3) is 0 Å². The molecule has 1 atom stereocenters. The molecule has 6 nitrogen and oxygen atoms in total. The van der Waals surface area contributed by atoms with Gasteiger partial charge in [-0.25, -0.2) is 0 Å². The molecular formula is C19H36N2O4. The van der Waals surface area contributed by atoms with Crippen LogP contribution in [0.1, 0.15) is 74.7 Å². The van der Waals surface area contributed by atoms with Crippen molar-refractivity contribution in [2.24, 2.45) is 5.41 Å². The minimum atomic E-state index is -1.17. The topological polar surface area (TPSA) is 84.5 Å². The Kier molecular flexibility index (Phi) is 8.79. The van der Waals surface area contributed by atoms with Crippen LogP contribution >= 0.6 is 0 Å². The maximum atomic E-state index is 12.6. The number of carbonyl (C=O) groups is 3. The number of hydrogen-bond acceptors (Lipinski definition) is 5. The minimum Gasteiger partial charge on any atom is -0.452 e. The van der Waals surface area contributed by atoms with Crippen LogP contribution in [0.5, 0.6) is 0 Å². The quantitative estimate of drug-likeness (QED) is 0.464. The molecule has 0 radical (unpaired) electrons. The van der Waals surface area contributed by atoms with Crippen molar-refractivity contribution in [3.05, 3.63) is 0 Å². The summed E-state index contributed by atoms with van der Waals surface area (Å²) < 4.78 is 4.76. The Labute approximate surface area is 152 Å².